The highest BCUT2D eigenvalue weighted by molar-refractivity contribution is 7.89. The molecule has 0 saturated carbocycles. The van der Waals surface area contributed by atoms with Gasteiger partial charge in [0.1, 0.15) is 0 Å². The van der Waals surface area contributed by atoms with Crippen LogP contribution in [0, 0.1) is 0 Å². The molecule has 0 aromatic heterocycles. The molecule has 0 bridgehead atoms. The van der Waals surface area contributed by atoms with E-state index in [-0.39, 0.29) is 0 Å². The maximum atomic E-state index is 12.7. The summed E-state index contributed by atoms with van der Waals surface area (Å²) in [7, 11) is -3.09. The van der Waals surface area contributed by atoms with E-state index in [2.05, 4.69) is 13.8 Å². The van der Waals surface area contributed by atoms with Gasteiger partial charge >= 0.3 is 0 Å². The monoisotopic (exact) mass is 395 g/mol. The lowest BCUT2D eigenvalue weighted by Crippen LogP contribution is -2.35. The van der Waals surface area contributed by atoms with Gasteiger partial charge in [-0.3, -0.25) is 0 Å². The Bertz CT molecular complexity index is 374. The van der Waals surface area contributed by atoms with Crippen LogP contribution in [0.4, 0.5) is 0 Å². The van der Waals surface area contributed by atoms with Crippen LogP contribution < -0.4 is 0 Å². The predicted octanol–water partition coefficient (Wildman–Crippen LogP) is 6.36. The van der Waals surface area contributed by atoms with Gasteiger partial charge in [-0.05, 0) is 25.7 Å². The van der Waals surface area contributed by atoms with E-state index < -0.39 is 10.0 Å². The van der Waals surface area contributed by atoms with Gasteiger partial charge < -0.3 is 0 Å². The minimum absolute atomic E-state index is 0.304. The second kappa shape index (κ2) is 17.6. The van der Waals surface area contributed by atoms with E-state index in [9.17, 15) is 8.42 Å². The molecule has 0 spiro atoms. The molecule has 0 unspecified atom stereocenters. The van der Waals surface area contributed by atoms with Crippen molar-refractivity contribution in [3.8, 4) is 0 Å². The molecule has 0 aromatic carbocycles. The largest absolute Gasteiger partial charge is 0.214 e. The molecule has 0 rings (SSSR count). The molecule has 0 amide bonds. The molecule has 0 aliphatic rings. The van der Waals surface area contributed by atoms with Crippen molar-refractivity contribution in [1.82, 2.24) is 4.31 Å². The average molecular weight is 396 g/mol. The summed E-state index contributed by atoms with van der Waals surface area (Å²) in [5, 5.41) is 0. The Balaban J connectivity index is 4.27. The summed E-state index contributed by atoms with van der Waals surface area (Å²) in [6.45, 7) is 5.82. The average Bonchev–Trinajstić information content (AvgIpc) is 2.59. The highest BCUT2D eigenvalue weighted by atomic mass is 35.5. The smallest absolute Gasteiger partial charge is 0.212 e. The number of sulfonamides is 1. The van der Waals surface area contributed by atoms with Gasteiger partial charge in [0, 0.05) is 19.0 Å². The minimum Gasteiger partial charge on any atom is -0.212 e. The van der Waals surface area contributed by atoms with Crippen LogP contribution in [0.3, 0.4) is 0 Å². The quantitative estimate of drug-likeness (QED) is 0.188. The molecular weight excluding hydrogens is 354 g/mol. The standard InChI is InChI=1S/C20H42ClNO2S/c1-3-5-7-9-11-15-19-22(18-14-8-6-4-2)25(23,24)20-16-12-10-13-17-21/h3-20H2,1-2H3. The molecule has 5 heteroatoms. The van der Waals surface area contributed by atoms with Gasteiger partial charge in [0.2, 0.25) is 10.0 Å². The summed E-state index contributed by atoms with van der Waals surface area (Å²) < 4.78 is 27.2. The first-order valence-electron chi connectivity index (χ1n) is 10.6. The van der Waals surface area contributed by atoms with E-state index in [1.807, 2.05) is 0 Å². The molecule has 0 heterocycles. The third-order valence-corrected chi connectivity index (χ3v) is 6.93. The molecule has 0 fully saturated rings. The zero-order valence-electron chi connectivity index (χ0n) is 16.8. The summed E-state index contributed by atoms with van der Waals surface area (Å²) in [5.74, 6) is 0.979. The van der Waals surface area contributed by atoms with Crippen molar-refractivity contribution >= 4 is 21.6 Å². The van der Waals surface area contributed by atoms with Crippen molar-refractivity contribution in [3.63, 3.8) is 0 Å². The van der Waals surface area contributed by atoms with Gasteiger partial charge in [-0.1, -0.05) is 78.1 Å². The van der Waals surface area contributed by atoms with E-state index in [1.165, 1.54) is 38.5 Å². The van der Waals surface area contributed by atoms with Crippen molar-refractivity contribution in [2.75, 3.05) is 24.7 Å². The minimum atomic E-state index is -3.09. The second-order valence-electron chi connectivity index (χ2n) is 7.15. The van der Waals surface area contributed by atoms with Crippen molar-refractivity contribution in [2.24, 2.45) is 0 Å². The van der Waals surface area contributed by atoms with Crippen molar-refractivity contribution in [3.05, 3.63) is 0 Å². The molecule has 0 aromatic rings. The number of unbranched alkanes of at least 4 members (excludes halogenated alkanes) is 11. The lowest BCUT2D eigenvalue weighted by molar-refractivity contribution is 0.383. The van der Waals surface area contributed by atoms with Gasteiger partial charge in [0.05, 0.1) is 5.75 Å². The SMILES string of the molecule is CCCCCCCCN(CCCCCC)S(=O)(=O)CCCCCCCl. The Labute approximate surface area is 162 Å². The number of hydrogen-bond acceptors (Lipinski definition) is 2. The lowest BCUT2D eigenvalue weighted by atomic mass is 10.1. The second-order valence-corrected chi connectivity index (χ2v) is 9.61. The molecule has 0 atom stereocenters. The Hall–Kier alpha value is 0.200. The van der Waals surface area contributed by atoms with Gasteiger partial charge in [0.25, 0.3) is 0 Å². The van der Waals surface area contributed by atoms with Gasteiger partial charge in [0.15, 0.2) is 0 Å². The van der Waals surface area contributed by atoms with Crippen LogP contribution in [-0.2, 0) is 10.0 Å². The molecule has 3 nitrogen and oxygen atoms in total. The maximum absolute atomic E-state index is 12.7. The molecule has 0 aliphatic carbocycles. The third-order valence-electron chi connectivity index (χ3n) is 4.70. The van der Waals surface area contributed by atoms with Crippen LogP contribution >= 0.6 is 11.6 Å². The van der Waals surface area contributed by atoms with E-state index in [1.54, 1.807) is 4.31 Å². The summed E-state index contributed by atoms with van der Waals surface area (Å²) in [6, 6.07) is 0. The number of nitrogens with zero attached hydrogens (tertiary/aromatic N) is 1. The fourth-order valence-corrected chi connectivity index (χ4v) is 4.87. The van der Waals surface area contributed by atoms with Crippen molar-refractivity contribution < 1.29 is 8.42 Å². The highest BCUT2D eigenvalue weighted by Crippen LogP contribution is 2.13. The van der Waals surface area contributed by atoms with Gasteiger partial charge in [-0.25, -0.2) is 12.7 Å². The summed E-state index contributed by atoms with van der Waals surface area (Å²) >= 11 is 5.68. The van der Waals surface area contributed by atoms with Crippen LogP contribution in [-0.4, -0.2) is 37.4 Å². The Morgan fingerprint density at radius 3 is 1.64 bits per heavy atom. The van der Waals surface area contributed by atoms with Gasteiger partial charge in [-0.15, -0.1) is 11.6 Å². The first-order chi connectivity index (χ1) is 12.1. The van der Waals surface area contributed by atoms with Crippen LogP contribution in [0.15, 0.2) is 0 Å². The highest BCUT2D eigenvalue weighted by Gasteiger charge is 2.20. The number of hydrogen-bond donors (Lipinski definition) is 0. The first-order valence-corrected chi connectivity index (χ1v) is 12.8. The molecule has 152 valence electrons. The lowest BCUT2D eigenvalue weighted by Gasteiger charge is -2.22. The van der Waals surface area contributed by atoms with E-state index in [0.29, 0.717) is 24.7 Å². The fourth-order valence-electron chi connectivity index (χ4n) is 3.04. The zero-order chi connectivity index (χ0) is 18.8. The van der Waals surface area contributed by atoms with E-state index in [4.69, 9.17) is 11.6 Å². The molecule has 25 heavy (non-hydrogen) atoms. The number of rotatable bonds is 19. The van der Waals surface area contributed by atoms with Gasteiger partial charge in [-0.2, -0.15) is 0 Å². The normalized spacial score (nSPS) is 12.2. The van der Waals surface area contributed by atoms with Crippen molar-refractivity contribution in [2.45, 2.75) is 104 Å². The van der Waals surface area contributed by atoms with Crippen LogP contribution in [0.5, 0.6) is 0 Å². The first kappa shape index (κ1) is 25.2. The Morgan fingerprint density at radius 2 is 1.08 bits per heavy atom. The Kier molecular flexibility index (Phi) is 17.7. The summed E-state index contributed by atoms with van der Waals surface area (Å²) in [5.41, 5.74) is 0. The summed E-state index contributed by atoms with van der Waals surface area (Å²) in [4.78, 5) is 0. The van der Waals surface area contributed by atoms with Crippen LogP contribution in [0.25, 0.3) is 0 Å². The van der Waals surface area contributed by atoms with E-state index in [0.717, 1.165) is 51.4 Å². The van der Waals surface area contributed by atoms with E-state index >= 15 is 0 Å². The zero-order valence-corrected chi connectivity index (χ0v) is 18.4. The summed E-state index contributed by atoms with van der Waals surface area (Å²) in [6.07, 6.45) is 15.5. The maximum Gasteiger partial charge on any atom is 0.214 e. The Morgan fingerprint density at radius 1 is 0.640 bits per heavy atom. The molecule has 0 radical (unpaired) electrons. The topological polar surface area (TPSA) is 37.4 Å². The third kappa shape index (κ3) is 15.0. The van der Waals surface area contributed by atoms with Crippen LogP contribution in [0.2, 0.25) is 0 Å². The molecule has 0 saturated heterocycles. The molecule has 0 aliphatic heterocycles. The van der Waals surface area contributed by atoms with Crippen LogP contribution in [0.1, 0.15) is 104 Å². The predicted molar refractivity (Wildman–Crippen MR) is 112 cm³/mol. The number of alkyl halides is 1. The van der Waals surface area contributed by atoms with Crippen molar-refractivity contribution in [1.29, 1.82) is 0 Å². The number of halogens is 1. The molecule has 0 N–H and O–H groups in total. The fraction of sp³-hybridized carbons (Fsp3) is 1.00. The molecular formula is C20H42ClNO2S.